The van der Waals surface area contributed by atoms with Crippen molar-refractivity contribution < 1.29 is 18.3 Å². The Bertz CT molecular complexity index is 1020. The lowest BCUT2D eigenvalue weighted by molar-refractivity contribution is 0.0265. The molecule has 6 nitrogen and oxygen atoms in total. The van der Waals surface area contributed by atoms with Crippen molar-refractivity contribution in [3.63, 3.8) is 0 Å². The molecule has 172 valence electrons. The summed E-state index contributed by atoms with van der Waals surface area (Å²) in [6.07, 6.45) is 3.36. The number of carbonyl (C=O) groups excluding carboxylic acids is 1. The van der Waals surface area contributed by atoms with Crippen LogP contribution in [-0.4, -0.2) is 53.6 Å². The van der Waals surface area contributed by atoms with E-state index in [4.69, 9.17) is 4.74 Å². The van der Waals surface area contributed by atoms with E-state index in [2.05, 4.69) is 14.9 Å². The average Bonchev–Trinajstić information content (AvgIpc) is 2.85. The number of hydrogen-bond acceptors (Lipinski definition) is 6. The van der Waals surface area contributed by atoms with Crippen LogP contribution in [0.25, 0.3) is 0 Å². The molecule has 0 spiro atoms. The van der Waals surface area contributed by atoms with Gasteiger partial charge in [-0.2, -0.15) is 0 Å². The first-order valence-electron chi connectivity index (χ1n) is 11.0. The number of hydrogen-bond donors (Lipinski definition) is 0. The first kappa shape index (κ1) is 22.8. The van der Waals surface area contributed by atoms with Crippen LogP contribution in [0.15, 0.2) is 67.0 Å². The molecular formula is C25H26F2N4O2. The summed E-state index contributed by atoms with van der Waals surface area (Å²) in [5.74, 6) is -0.617. The summed E-state index contributed by atoms with van der Waals surface area (Å²) in [5.41, 5.74) is 1.27. The van der Waals surface area contributed by atoms with E-state index in [0.717, 1.165) is 44.7 Å². The molecule has 4 rings (SSSR count). The van der Waals surface area contributed by atoms with E-state index in [1.165, 1.54) is 24.5 Å². The predicted molar refractivity (Wildman–Crippen MR) is 121 cm³/mol. The predicted octanol–water partition coefficient (Wildman–Crippen LogP) is 4.26. The van der Waals surface area contributed by atoms with E-state index in [-0.39, 0.29) is 5.82 Å². The smallest absolute Gasteiger partial charge is 0.338 e. The Morgan fingerprint density at radius 3 is 2.24 bits per heavy atom. The maximum atomic E-state index is 13.4. The molecule has 0 aliphatic carbocycles. The highest BCUT2D eigenvalue weighted by Gasteiger charge is 2.21. The van der Waals surface area contributed by atoms with E-state index in [1.54, 1.807) is 36.4 Å². The molecule has 1 atom stereocenters. The van der Waals surface area contributed by atoms with Crippen molar-refractivity contribution in [2.45, 2.75) is 18.9 Å². The van der Waals surface area contributed by atoms with Crippen LogP contribution in [0.1, 0.15) is 34.9 Å². The highest BCUT2D eigenvalue weighted by molar-refractivity contribution is 5.89. The minimum absolute atomic E-state index is 0.324. The van der Waals surface area contributed by atoms with Crippen molar-refractivity contribution in [2.24, 2.45) is 0 Å². The summed E-state index contributed by atoms with van der Waals surface area (Å²) in [4.78, 5) is 25.1. The van der Waals surface area contributed by atoms with E-state index < -0.39 is 17.9 Å². The maximum absolute atomic E-state index is 13.4. The number of ether oxygens (including phenoxy) is 1. The lowest BCUT2D eigenvalue weighted by Crippen LogP contribution is -2.47. The second-order valence-corrected chi connectivity index (χ2v) is 7.98. The summed E-state index contributed by atoms with van der Waals surface area (Å²) in [5, 5.41) is 0. The van der Waals surface area contributed by atoms with Crippen LogP contribution < -0.4 is 4.90 Å². The van der Waals surface area contributed by atoms with E-state index in [1.807, 2.05) is 11.0 Å². The van der Waals surface area contributed by atoms with Gasteiger partial charge in [0, 0.05) is 26.2 Å². The van der Waals surface area contributed by atoms with Gasteiger partial charge >= 0.3 is 5.97 Å². The number of rotatable bonds is 8. The van der Waals surface area contributed by atoms with Gasteiger partial charge in [0.1, 0.15) is 11.9 Å². The molecule has 1 saturated heterocycles. The number of piperazine rings is 1. The van der Waals surface area contributed by atoms with E-state index in [0.29, 0.717) is 17.9 Å². The molecule has 0 amide bonds. The SMILES string of the molecule is O=C(OC(CCCN1CCN(c2ncc(F)cn2)CC1)c1ccc(F)cc1)c1ccccc1. The molecular weight excluding hydrogens is 426 g/mol. The summed E-state index contributed by atoms with van der Waals surface area (Å²) in [6, 6.07) is 15.0. The highest BCUT2D eigenvalue weighted by Crippen LogP contribution is 2.25. The minimum Gasteiger partial charge on any atom is -0.454 e. The van der Waals surface area contributed by atoms with Gasteiger partial charge in [-0.05, 0) is 49.2 Å². The number of anilines is 1. The number of halogens is 2. The van der Waals surface area contributed by atoms with Crippen LogP contribution in [0.3, 0.4) is 0 Å². The summed E-state index contributed by atoms with van der Waals surface area (Å²) < 4.78 is 32.2. The van der Waals surface area contributed by atoms with Gasteiger partial charge in [0.05, 0.1) is 18.0 Å². The van der Waals surface area contributed by atoms with Gasteiger partial charge < -0.3 is 9.64 Å². The Labute approximate surface area is 191 Å². The lowest BCUT2D eigenvalue weighted by Gasteiger charge is -2.34. The molecule has 1 aliphatic heterocycles. The van der Waals surface area contributed by atoms with Crippen molar-refractivity contribution in [3.8, 4) is 0 Å². The fraction of sp³-hybridized carbons (Fsp3) is 0.320. The second-order valence-electron chi connectivity index (χ2n) is 7.98. The molecule has 33 heavy (non-hydrogen) atoms. The Morgan fingerprint density at radius 2 is 1.58 bits per heavy atom. The van der Waals surface area contributed by atoms with Crippen molar-refractivity contribution >= 4 is 11.9 Å². The number of carbonyl (C=O) groups is 1. The van der Waals surface area contributed by atoms with Crippen LogP contribution in [0, 0.1) is 11.6 Å². The topological polar surface area (TPSA) is 58.6 Å². The highest BCUT2D eigenvalue weighted by atomic mass is 19.1. The second kappa shape index (κ2) is 11.0. The number of benzene rings is 2. The monoisotopic (exact) mass is 452 g/mol. The molecule has 0 saturated carbocycles. The molecule has 2 aromatic carbocycles. The van der Waals surface area contributed by atoms with Crippen molar-refractivity contribution in [3.05, 3.63) is 89.8 Å². The van der Waals surface area contributed by atoms with Gasteiger partial charge in [0.15, 0.2) is 5.82 Å². The van der Waals surface area contributed by atoms with Crippen LogP contribution in [0.2, 0.25) is 0 Å². The average molecular weight is 453 g/mol. The molecule has 0 N–H and O–H groups in total. The molecule has 1 unspecified atom stereocenters. The Hall–Kier alpha value is -3.39. The summed E-state index contributed by atoms with van der Waals surface area (Å²) in [7, 11) is 0. The normalized spacial score (nSPS) is 15.3. The Morgan fingerprint density at radius 1 is 0.909 bits per heavy atom. The fourth-order valence-corrected chi connectivity index (χ4v) is 3.88. The number of nitrogens with zero attached hydrogens (tertiary/aromatic N) is 4. The van der Waals surface area contributed by atoms with Gasteiger partial charge in [0.2, 0.25) is 5.95 Å². The van der Waals surface area contributed by atoms with Crippen LogP contribution in [-0.2, 0) is 4.74 Å². The van der Waals surface area contributed by atoms with Gasteiger partial charge in [0.25, 0.3) is 0 Å². The molecule has 0 bridgehead atoms. The molecule has 1 aromatic heterocycles. The van der Waals surface area contributed by atoms with Crippen molar-refractivity contribution in [2.75, 3.05) is 37.6 Å². The van der Waals surface area contributed by atoms with Gasteiger partial charge in [-0.1, -0.05) is 30.3 Å². The molecule has 3 aromatic rings. The third kappa shape index (κ3) is 6.32. The first-order valence-corrected chi connectivity index (χ1v) is 11.0. The van der Waals surface area contributed by atoms with Crippen molar-refractivity contribution in [1.29, 1.82) is 0 Å². The zero-order valence-electron chi connectivity index (χ0n) is 18.2. The quantitative estimate of drug-likeness (QED) is 0.476. The third-order valence-electron chi connectivity index (χ3n) is 5.70. The fourth-order valence-electron chi connectivity index (χ4n) is 3.88. The Balaban J connectivity index is 1.31. The van der Waals surface area contributed by atoms with Crippen LogP contribution in [0.4, 0.5) is 14.7 Å². The summed E-state index contributed by atoms with van der Waals surface area (Å²) in [6.45, 7) is 4.04. The molecule has 2 heterocycles. The Kier molecular flexibility index (Phi) is 7.57. The van der Waals surface area contributed by atoms with Gasteiger partial charge in [-0.15, -0.1) is 0 Å². The standard InChI is InChI=1S/C25H26F2N4O2/c26-21-10-8-19(9-11-21)23(33-24(32)20-5-2-1-3-6-20)7-4-12-30-13-15-31(16-14-30)25-28-17-22(27)18-29-25/h1-3,5-6,8-11,17-18,23H,4,7,12-16H2. The molecule has 0 radical (unpaired) electrons. The lowest BCUT2D eigenvalue weighted by atomic mass is 10.0. The largest absolute Gasteiger partial charge is 0.454 e. The summed E-state index contributed by atoms with van der Waals surface area (Å²) >= 11 is 0. The molecule has 1 fully saturated rings. The number of esters is 1. The third-order valence-corrected chi connectivity index (χ3v) is 5.70. The zero-order chi connectivity index (χ0) is 23.0. The van der Waals surface area contributed by atoms with Gasteiger partial charge in [-0.3, -0.25) is 4.90 Å². The molecule has 8 heteroatoms. The van der Waals surface area contributed by atoms with E-state index >= 15 is 0 Å². The van der Waals surface area contributed by atoms with Crippen LogP contribution >= 0.6 is 0 Å². The zero-order valence-corrected chi connectivity index (χ0v) is 18.2. The minimum atomic E-state index is -0.452. The van der Waals surface area contributed by atoms with Crippen molar-refractivity contribution in [1.82, 2.24) is 14.9 Å². The van der Waals surface area contributed by atoms with E-state index in [9.17, 15) is 13.6 Å². The number of aromatic nitrogens is 2. The first-order chi connectivity index (χ1) is 16.1. The van der Waals surface area contributed by atoms with Crippen LogP contribution in [0.5, 0.6) is 0 Å². The maximum Gasteiger partial charge on any atom is 0.338 e. The van der Waals surface area contributed by atoms with Gasteiger partial charge in [-0.25, -0.2) is 23.5 Å². The molecule has 1 aliphatic rings.